The fourth-order valence-corrected chi connectivity index (χ4v) is 2.81. The van der Waals surface area contributed by atoms with E-state index in [1.54, 1.807) is 0 Å². The van der Waals surface area contributed by atoms with E-state index < -0.39 is 0 Å². The molecule has 2 rings (SSSR count). The van der Waals surface area contributed by atoms with E-state index in [2.05, 4.69) is 31.0 Å². The van der Waals surface area contributed by atoms with Crippen molar-refractivity contribution in [3.05, 3.63) is 30.1 Å². The van der Waals surface area contributed by atoms with Crippen molar-refractivity contribution in [2.24, 2.45) is 17.6 Å². The van der Waals surface area contributed by atoms with Crippen molar-refractivity contribution in [1.29, 1.82) is 0 Å². The molecule has 0 bridgehead atoms. The van der Waals surface area contributed by atoms with Gasteiger partial charge in [-0.1, -0.05) is 13.8 Å². The lowest BCUT2D eigenvalue weighted by molar-refractivity contribution is 0.176. The smallest absolute Gasteiger partial charge is 0.0270 e. The van der Waals surface area contributed by atoms with Gasteiger partial charge in [0.1, 0.15) is 0 Å². The van der Waals surface area contributed by atoms with Gasteiger partial charge in [0.25, 0.3) is 0 Å². The van der Waals surface area contributed by atoms with E-state index in [1.165, 1.54) is 12.0 Å². The number of nitrogens with zero attached hydrogens (tertiary/aromatic N) is 1. The first-order valence-corrected chi connectivity index (χ1v) is 6.27. The summed E-state index contributed by atoms with van der Waals surface area (Å²) in [4.78, 5) is 4.05. The van der Waals surface area contributed by atoms with E-state index in [0.717, 1.165) is 31.1 Å². The van der Waals surface area contributed by atoms with Gasteiger partial charge in [-0.15, -0.1) is 0 Å². The van der Waals surface area contributed by atoms with E-state index in [1.807, 2.05) is 12.4 Å². The van der Waals surface area contributed by atoms with Gasteiger partial charge in [-0.25, -0.2) is 0 Å². The monoisotopic (exact) mass is 218 g/mol. The van der Waals surface area contributed by atoms with E-state index in [9.17, 15) is 0 Å². The lowest BCUT2D eigenvalue weighted by Crippen LogP contribution is -2.47. The highest BCUT2D eigenvalue weighted by Crippen LogP contribution is 2.36. The summed E-state index contributed by atoms with van der Waals surface area (Å²) in [6, 6.07) is 4.16. The maximum Gasteiger partial charge on any atom is 0.0270 e. The summed E-state index contributed by atoms with van der Waals surface area (Å²) < 4.78 is 0. The molecule has 2 N–H and O–H groups in total. The summed E-state index contributed by atoms with van der Waals surface area (Å²) in [6.45, 7) is 4.68. The molecule has 2 heteroatoms. The van der Waals surface area contributed by atoms with Crippen LogP contribution in [0, 0.1) is 11.8 Å². The molecule has 3 atom stereocenters. The molecule has 3 unspecified atom stereocenters. The number of rotatable bonds is 2. The predicted molar refractivity (Wildman–Crippen MR) is 67.0 cm³/mol. The Labute approximate surface area is 98.3 Å². The number of nitrogens with two attached hydrogens (primary N) is 1. The quantitative estimate of drug-likeness (QED) is 0.829. The average molecular weight is 218 g/mol. The van der Waals surface area contributed by atoms with Crippen LogP contribution >= 0.6 is 0 Å². The van der Waals surface area contributed by atoms with Gasteiger partial charge in [-0.2, -0.15) is 0 Å². The van der Waals surface area contributed by atoms with Crippen LogP contribution in [0.1, 0.15) is 38.7 Å². The standard InChI is InChI=1S/C14H22N2/c1-11-3-6-14(15,9-12(11)2)10-13-4-7-16-8-5-13/h4-5,7-8,11-12H,3,6,9-10,15H2,1-2H3. The zero-order valence-electron chi connectivity index (χ0n) is 10.3. The average Bonchev–Trinajstić information content (AvgIpc) is 2.25. The van der Waals surface area contributed by atoms with Crippen LogP contribution in [0.2, 0.25) is 0 Å². The molecule has 1 aliphatic carbocycles. The maximum atomic E-state index is 6.52. The maximum absolute atomic E-state index is 6.52. The van der Waals surface area contributed by atoms with Crippen molar-refractivity contribution in [2.75, 3.05) is 0 Å². The normalized spacial score (nSPS) is 34.9. The second kappa shape index (κ2) is 4.54. The Morgan fingerprint density at radius 3 is 2.62 bits per heavy atom. The van der Waals surface area contributed by atoms with Crippen molar-refractivity contribution < 1.29 is 0 Å². The first-order chi connectivity index (χ1) is 7.59. The Morgan fingerprint density at radius 2 is 2.00 bits per heavy atom. The van der Waals surface area contributed by atoms with Crippen LogP contribution in [0.3, 0.4) is 0 Å². The van der Waals surface area contributed by atoms with Gasteiger partial charge in [-0.05, 0) is 55.2 Å². The molecule has 0 aliphatic heterocycles. The Kier molecular flexibility index (Phi) is 3.29. The van der Waals surface area contributed by atoms with Crippen molar-refractivity contribution in [3.63, 3.8) is 0 Å². The van der Waals surface area contributed by atoms with Gasteiger partial charge < -0.3 is 5.73 Å². The van der Waals surface area contributed by atoms with Crippen molar-refractivity contribution >= 4 is 0 Å². The zero-order chi connectivity index (χ0) is 11.6. The van der Waals surface area contributed by atoms with E-state index >= 15 is 0 Å². The highest BCUT2D eigenvalue weighted by molar-refractivity contribution is 5.14. The molecule has 1 aromatic heterocycles. The van der Waals surface area contributed by atoms with Crippen LogP contribution in [0.25, 0.3) is 0 Å². The molecule has 16 heavy (non-hydrogen) atoms. The minimum absolute atomic E-state index is 0.00722. The van der Waals surface area contributed by atoms with Crippen molar-refractivity contribution in [2.45, 2.75) is 45.1 Å². The van der Waals surface area contributed by atoms with Crippen LogP contribution in [0.15, 0.2) is 24.5 Å². The van der Waals surface area contributed by atoms with Gasteiger partial charge in [0.2, 0.25) is 0 Å². The molecule has 0 saturated heterocycles. The number of hydrogen-bond acceptors (Lipinski definition) is 2. The third-order valence-electron chi connectivity index (χ3n) is 4.10. The van der Waals surface area contributed by atoms with Crippen LogP contribution in [0.4, 0.5) is 0 Å². The lowest BCUT2D eigenvalue weighted by Gasteiger charge is -2.40. The topological polar surface area (TPSA) is 38.9 Å². The van der Waals surface area contributed by atoms with Gasteiger partial charge in [-0.3, -0.25) is 4.98 Å². The van der Waals surface area contributed by atoms with E-state index in [0.29, 0.717) is 0 Å². The highest BCUT2D eigenvalue weighted by Gasteiger charge is 2.34. The largest absolute Gasteiger partial charge is 0.325 e. The Hall–Kier alpha value is -0.890. The fourth-order valence-electron chi connectivity index (χ4n) is 2.81. The summed E-state index contributed by atoms with van der Waals surface area (Å²) in [5, 5.41) is 0. The molecule has 88 valence electrons. The van der Waals surface area contributed by atoms with Gasteiger partial charge >= 0.3 is 0 Å². The second-order valence-electron chi connectivity index (χ2n) is 5.59. The lowest BCUT2D eigenvalue weighted by atomic mass is 9.69. The molecule has 1 saturated carbocycles. The van der Waals surface area contributed by atoms with E-state index in [4.69, 9.17) is 5.73 Å². The molecule has 0 spiro atoms. The molecule has 0 amide bonds. The first-order valence-electron chi connectivity index (χ1n) is 6.27. The first kappa shape index (κ1) is 11.6. The highest BCUT2D eigenvalue weighted by atomic mass is 14.7. The van der Waals surface area contributed by atoms with Crippen LogP contribution < -0.4 is 5.73 Å². The Morgan fingerprint density at radius 1 is 1.31 bits per heavy atom. The molecular formula is C14H22N2. The molecule has 1 fully saturated rings. The predicted octanol–water partition coefficient (Wildman–Crippen LogP) is 2.78. The number of pyridine rings is 1. The molecule has 1 heterocycles. The summed E-state index contributed by atoms with van der Waals surface area (Å²) >= 11 is 0. The Bertz CT molecular complexity index is 336. The fraction of sp³-hybridized carbons (Fsp3) is 0.643. The second-order valence-corrected chi connectivity index (χ2v) is 5.59. The van der Waals surface area contributed by atoms with Gasteiger partial charge in [0, 0.05) is 17.9 Å². The van der Waals surface area contributed by atoms with Crippen molar-refractivity contribution in [1.82, 2.24) is 4.98 Å². The number of hydrogen-bond donors (Lipinski definition) is 1. The zero-order valence-corrected chi connectivity index (χ0v) is 10.3. The third-order valence-corrected chi connectivity index (χ3v) is 4.10. The summed E-state index contributed by atoms with van der Waals surface area (Å²) in [5.74, 6) is 1.58. The number of aromatic nitrogens is 1. The summed E-state index contributed by atoms with van der Waals surface area (Å²) in [6.07, 6.45) is 8.27. The van der Waals surface area contributed by atoms with Gasteiger partial charge in [0.05, 0.1) is 0 Å². The molecule has 1 aliphatic rings. The molecular weight excluding hydrogens is 196 g/mol. The van der Waals surface area contributed by atoms with Crippen LogP contribution in [0.5, 0.6) is 0 Å². The third kappa shape index (κ3) is 2.62. The Balaban J connectivity index is 2.04. The summed E-state index contributed by atoms with van der Waals surface area (Å²) in [7, 11) is 0. The minimum atomic E-state index is 0.00722. The minimum Gasteiger partial charge on any atom is -0.325 e. The molecule has 1 aromatic rings. The molecule has 2 nitrogen and oxygen atoms in total. The molecule has 0 aromatic carbocycles. The molecule has 0 radical (unpaired) electrons. The van der Waals surface area contributed by atoms with Crippen LogP contribution in [-0.4, -0.2) is 10.5 Å². The van der Waals surface area contributed by atoms with Crippen LogP contribution in [-0.2, 0) is 6.42 Å². The van der Waals surface area contributed by atoms with E-state index in [-0.39, 0.29) is 5.54 Å². The van der Waals surface area contributed by atoms with Gasteiger partial charge in [0.15, 0.2) is 0 Å². The SMILES string of the molecule is CC1CCC(N)(Cc2ccncc2)CC1C. The summed E-state index contributed by atoms with van der Waals surface area (Å²) in [5.41, 5.74) is 7.85. The van der Waals surface area contributed by atoms with Crippen molar-refractivity contribution in [3.8, 4) is 0 Å².